The average molecular weight is 612 g/mol. The molecule has 45 heavy (non-hydrogen) atoms. The minimum absolute atomic E-state index is 0.0432. The molecule has 1 unspecified atom stereocenters. The molecule has 0 spiro atoms. The molecule has 4 aromatic rings. The van der Waals surface area contributed by atoms with Crippen LogP contribution in [0.15, 0.2) is 82.5 Å². The van der Waals surface area contributed by atoms with E-state index in [1.54, 1.807) is 6.92 Å². The van der Waals surface area contributed by atoms with Gasteiger partial charge < -0.3 is 28.9 Å². The zero-order valence-electron chi connectivity index (χ0n) is 25.9. The number of aromatic nitrogens is 1. The second-order valence-electron chi connectivity index (χ2n) is 10.8. The summed E-state index contributed by atoms with van der Waals surface area (Å²) < 4.78 is 23.8. The molecule has 1 aromatic heterocycles. The number of carbonyl (C=O) groups is 2. The average Bonchev–Trinajstić information content (AvgIpc) is 3.72. The van der Waals surface area contributed by atoms with Gasteiger partial charge in [0.2, 0.25) is 0 Å². The van der Waals surface area contributed by atoms with E-state index >= 15 is 0 Å². The number of hydrogen-bond donors (Lipinski definition) is 1. The number of amides is 1. The van der Waals surface area contributed by atoms with Gasteiger partial charge in [-0.15, -0.1) is 0 Å². The molecule has 234 valence electrons. The third-order valence-electron chi connectivity index (χ3n) is 7.24. The van der Waals surface area contributed by atoms with Gasteiger partial charge in [-0.25, -0.2) is 4.79 Å². The van der Waals surface area contributed by atoms with E-state index in [9.17, 15) is 9.59 Å². The minimum atomic E-state index is -0.818. The van der Waals surface area contributed by atoms with Gasteiger partial charge in [-0.2, -0.15) is 0 Å². The van der Waals surface area contributed by atoms with E-state index in [0.717, 1.165) is 16.7 Å². The van der Waals surface area contributed by atoms with Gasteiger partial charge in [0.15, 0.2) is 23.3 Å². The Morgan fingerprint density at radius 2 is 1.58 bits per heavy atom. The van der Waals surface area contributed by atoms with Crippen LogP contribution < -0.4 is 14.8 Å². The monoisotopic (exact) mass is 611 g/mol. The maximum atomic E-state index is 13.2. The van der Waals surface area contributed by atoms with Gasteiger partial charge in [0.05, 0.1) is 17.7 Å². The molecule has 1 aliphatic rings. The van der Waals surface area contributed by atoms with E-state index in [0.29, 0.717) is 35.8 Å². The fourth-order valence-corrected chi connectivity index (χ4v) is 4.99. The van der Waals surface area contributed by atoms with Crippen molar-refractivity contribution in [1.82, 2.24) is 10.5 Å². The number of rotatable bonds is 13. The van der Waals surface area contributed by atoms with E-state index in [1.165, 1.54) is 0 Å². The molecule has 1 atom stereocenters. The number of ether oxygens (including phenoxy) is 3. The fourth-order valence-electron chi connectivity index (χ4n) is 4.99. The van der Waals surface area contributed by atoms with Crippen LogP contribution >= 0.6 is 0 Å². The Hall–Kier alpha value is -5.12. The van der Waals surface area contributed by atoms with E-state index in [1.807, 2.05) is 79.7 Å². The predicted octanol–water partition coefficient (Wildman–Crippen LogP) is 6.75. The highest BCUT2D eigenvalue weighted by molar-refractivity contribution is 6.36. The lowest BCUT2D eigenvalue weighted by Crippen LogP contribution is -2.25. The van der Waals surface area contributed by atoms with Crippen molar-refractivity contribution in [2.75, 3.05) is 13.2 Å². The summed E-state index contributed by atoms with van der Waals surface area (Å²) in [6.45, 7) is 8.89. The summed E-state index contributed by atoms with van der Waals surface area (Å²) >= 11 is 0. The molecule has 0 aliphatic carbocycles. The molecule has 0 saturated carbocycles. The lowest BCUT2D eigenvalue weighted by molar-refractivity contribution is -0.135. The van der Waals surface area contributed by atoms with Crippen LogP contribution in [-0.2, 0) is 27.6 Å². The predicted molar refractivity (Wildman–Crippen MR) is 168 cm³/mol. The second kappa shape index (κ2) is 14.6. The van der Waals surface area contributed by atoms with E-state index in [2.05, 4.69) is 29.5 Å². The lowest BCUT2D eigenvalue weighted by Gasteiger charge is -2.20. The number of nitrogens with one attached hydrogen (secondary N) is 1. The molecule has 10 heteroatoms. The van der Waals surface area contributed by atoms with Crippen LogP contribution in [0.1, 0.15) is 78.9 Å². The van der Waals surface area contributed by atoms with E-state index in [4.69, 9.17) is 23.6 Å². The number of nitrogens with zero attached hydrogens (tertiary/aromatic N) is 2. The Balaban J connectivity index is 1.60. The molecule has 0 fully saturated rings. The highest BCUT2D eigenvalue weighted by Crippen LogP contribution is 2.45. The van der Waals surface area contributed by atoms with Crippen LogP contribution in [0.5, 0.6) is 11.5 Å². The summed E-state index contributed by atoms with van der Waals surface area (Å²) in [6.07, 6.45) is -0.739. The molecule has 0 bridgehead atoms. The van der Waals surface area contributed by atoms with Crippen LogP contribution in [-0.4, -0.2) is 35.9 Å². The molecule has 0 radical (unpaired) electrons. The summed E-state index contributed by atoms with van der Waals surface area (Å²) in [5.41, 5.74) is 3.99. The highest BCUT2D eigenvalue weighted by atomic mass is 16.6. The van der Waals surface area contributed by atoms with Crippen LogP contribution in [0, 0.1) is 0 Å². The summed E-state index contributed by atoms with van der Waals surface area (Å²) in [5, 5.41) is 10.9. The summed E-state index contributed by atoms with van der Waals surface area (Å²) in [4.78, 5) is 31.3. The number of carbonyl (C=O) groups excluding carboxylic acids is 2. The molecule has 3 aromatic carbocycles. The molecule has 0 saturated heterocycles. The van der Waals surface area contributed by atoms with Gasteiger partial charge in [0.25, 0.3) is 5.91 Å². The highest BCUT2D eigenvalue weighted by Gasteiger charge is 2.37. The zero-order valence-corrected chi connectivity index (χ0v) is 25.9. The maximum absolute atomic E-state index is 13.2. The summed E-state index contributed by atoms with van der Waals surface area (Å²) in [7, 11) is 0. The second-order valence-corrected chi connectivity index (χ2v) is 10.8. The molecule has 5 rings (SSSR count). The standard InChI is InChI=1S/C35H37N3O7/c1-5-36-34(39)32-31(30-18-27(37-44-30)35(40)41-6-2)33(45-38-32)26-17-25(22(3)4)28(42-20-23-13-9-7-10-14-23)19-29(26)43-21-24-15-11-8-12-16-24/h7-17,19,22,30H,5-6,18,20-21H2,1-4H3,(H,36,39). The first-order valence-corrected chi connectivity index (χ1v) is 15.1. The van der Waals surface area contributed by atoms with Gasteiger partial charge in [0, 0.05) is 19.0 Å². The van der Waals surface area contributed by atoms with Crippen molar-refractivity contribution in [3.8, 4) is 22.8 Å². The van der Waals surface area contributed by atoms with Crippen LogP contribution in [0.25, 0.3) is 11.3 Å². The van der Waals surface area contributed by atoms with Crippen molar-refractivity contribution in [3.63, 3.8) is 0 Å². The van der Waals surface area contributed by atoms with Gasteiger partial charge in [-0.1, -0.05) is 84.8 Å². The minimum Gasteiger partial charge on any atom is -0.488 e. The van der Waals surface area contributed by atoms with Crippen molar-refractivity contribution in [3.05, 3.63) is 101 Å². The van der Waals surface area contributed by atoms with Crippen LogP contribution in [0.4, 0.5) is 0 Å². The van der Waals surface area contributed by atoms with Crippen molar-refractivity contribution in [1.29, 1.82) is 0 Å². The number of benzene rings is 3. The van der Waals surface area contributed by atoms with Gasteiger partial charge in [0.1, 0.15) is 24.7 Å². The topological polar surface area (TPSA) is 121 Å². The largest absolute Gasteiger partial charge is 0.488 e. The number of hydrogen-bond acceptors (Lipinski definition) is 9. The molecular formula is C35H37N3O7. The lowest BCUT2D eigenvalue weighted by atomic mass is 9.93. The molecule has 2 heterocycles. The van der Waals surface area contributed by atoms with Gasteiger partial charge in [-0.05, 0) is 42.5 Å². The molecule has 1 amide bonds. The molecule has 10 nitrogen and oxygen atoms in total. The van der Waals surface area contributed by atoms with Crippen LogP contribution in [0.3, 0.4) is 0 Å². The van der Waals surface area contributed by atoms with Crippen molar-refractivity contribution >= 4 is 17.6 Å². The molecule has 1 N–H and O–H groups in total. The summed E-state index contributed by atoms with van der Waals surface area (Å²) in [5.74, 6) is 0.460. The third-order valence-corrected chi connectivity index (χ3v) is 7.24. The zero-order chi connectivity index (χ0) is 31.8. The van der Waals surface area contributed by atoms with Crippen molar-refractivity contribution in [2.24, 2.45) is 5.16 Å². The van der Waals surface area contributed by atoms with Gasteiger partial charge in [-0.3, -0.25) is 4.79 Å². The van der Waals surface area contributed by atoms with E-state index < -0.39 is 18.0 Å². The first kappa shape index (κ1) is 31.3. The quantitative estimate of drug-likeness (QED) is 0.165. The Kier molecular flexibility index (Phi) is 10.1. The normalized spacial score (nSPS) is 14.1. The molecule has 1 aliphatic heterocycles. The number of esters is 1. The Bertz CT molecular complexity index is 1650. The fraction of sp³-hybridized carbons (Fsp3) is 0.314. The SMILES string of the molecule is CCNC(=O)c1noc(-c2cc(C(C)C)c(OCc3ccccc3)cc2OCc2ccccc2)c1C1CC(C(=O)OCC)=NO1. The van der Waals surface area contributed by atoms with Gasteiger partial charge >= 0.3 is 5.97 Å². The van der Waals surface area contributed by atoms with Crippen molar-refractivity contribution in [2.45, 2.75) is 59.4 Å². The first-order valence-electron chi connectivity index (χ1n) is 15.1. The first-order chi connectivity index (χ1) is 21.9. The smallest absolute Gasteiger partial charge is 0.356 e. The summed E-state index contributed by atoms with van der Waals surface area (Å²) in [6, 6.07) is 23.5. The Labute approximate surface area is 262 Å². The maximum Gasteiger partial charge on any atom is 0.356 e. The van der Waals surface area contributed by atoms with Crippen LogP contribution in [0.2, 0.25) is 0 Å². The Morgan fingerprint density at radius 1 is 0.933 bits per heavy atom. The molecular weight excluding hydrogens is 574 g/mol. The third kappa shape index (κ3) is 7.34. The van der Waals surface area contributed by atoms with E-state index in [-0.39, 0.29) is 42.7 Å². The Morgan fingerprint density at radius 3 is 2.18 bits per heavy atom. The van der Waals surface area contributed by atoms with Crippen molar-refractivity contribution < 1.29 is 33.2 Å². The number of oxime groups is 1.